The van der Waals surface area contributed by atoms with Crippen molar-refractivity contribution >= 4 is 17.7 Å². The third kappa shape index (κ3) is 4.51. The van der Waals surface area contributed by atoms with Gasteiger partial charge in [0, 0.05) is 18.8 Å². The molecule has 0 unspecified atom stereocenters. The quantitative estimate of drug-likeness (QED) is 0.734. The summed E-state index contributed by atoms with van der Waals surface area (Å²) in [6.45, 7) is 3.79. The van der Waals surface area contributed by atoms with E-state index in [0.29, 0.717) is 25.3 Å². The Hall–Kier alpha value is -1.04. The van der Waals surface area contributed by atoms with Crippen molar-refractivity contribution in [2.45, 2.75) is 24.7 Å². The highest BCUT2D eigenvalue weighted by atomic mass is 32.2. The third-order valence-corrected chi connectivity index (χ3v) is 4.57. The molecule has 1 saturated heterocycles. The van der Waals surface area contributed by atoms with Crippen molar-refractivity contribution in [1.82, 2.24) is 10.6 Å². The lowest BCUT2D eigenvalue weighted by atomic mass is 10.0. The van der Waals surface area contributed by atoms with Gasteiger partial charge in [0.15, 0.2) is 0 Å². The fourth-order valence-electron chi connectivity index (χ4n) is 2.22. The number of carbonyl (C=O) groups is 1. The van der Waals surface area contributed by atoms with Crippen molar-refractivity contribution in [3.05, 3.63) is 35.4 Å². The molecule has 1 aliphatic rings. The van der Waals surface area contributed by atoms with Gasteiger partial charge in [-0.05, 0) is 31.0 Å². The van der Waals surface area contributed by atoms with Crippen molar-refractivity contribution in [2.75, 3.05) is 25.4 Å². The highest BCUT2D eigenvalue weighted by Crippen LogP contribution is 2.16. The summed E-state index contributed by atoms with van der Waals surface area (Å²) in [5.41, 5.74) is 1.76. The van der Waals surface area contributed by atoms with Crippen LogP contribution in [0.3, 0.4) is 0 Å². The third-order valence-electron chi connectivity index (χ3n) is 3.59. The number of thioether (sulfide) groups is 1. The molecule has 0 spiro atoms. The lowest BCUT2D eigenvalue weighted by molar-refractivity contribution is -0.119. The summed E-state index contributed by atoms with van der Waals surface area (Å²) in [4.78, 5) is 11.8. The van der Waals surface area contributed by atoms with E-state index >= 15 is 0 Å². The average Bonchev–Trinajstić information content (AvgIpc) is 2.86. The van der Waals surface area contributed by atoms with Crippen LogP contribution < -0.4 is 10.6 Å². The van der Waals surface area contributed by atoms with E-state index in [0.717, 1.165) is 12.3 Å². The molecule has 1 aliphatic heterocycles. The Balaban J connectivity index is 1.67. The van der Waals surface area contributed by atoms with Gasteiger partial charge in [-0.15, -0.1) is 11.8 Å². The van der Waals surface area contributed by atoms with E-state index in [2.05, 4.69) is 29.7 Å². The zero-order valence-electron chi connectivity index (χ0n) is 11.8. The molecule has 0 aliphatic carbocycles. The second-order valence-electron chi connectivity index (χ2n) is 5.35. The number of benzene rings is 1. The summed E-state index contributed by atoms with van der Waals surface area (Å²) in [7, 11) is 0. The lowest BCUT2D eigenvalue weighted by Crippen LogP contribution is -2.44. The number of hydrogen-bond acceptors (Lipinski definition) is 4. The molecule has 0 bridgehead atoms. The molecule has 1 fully saturated rings. The van der Waals surface area contributed by atoms with E-state index in [1.807, 2.05) is 12.1 Å². The Kier molecular flexibility index (Phi) is 5.46. The van der Waals surface area contributed by atoms with Gasteiger partial charge in [0.25, 0.3) is 0 Å². The van der Waals surface area contributed by atoms with Gasteiger partial charge in [0.1, 0.15) is 0 Å². The van der Waals surface area contributed by atoms with Gasteiger partial charge >= 0.3 is 0 Å². The van der Waals surface area contributed by atoms with Crippen molar-refractivity contribution < 1.29 is 9.90 Å². The van der Waals surface area contributed by atoms with Gasteiger partial charge in [-0.2, -0.15) is 0 Å². The standard InChI is InChI=1S/C15H22N2O2S/c1-12-4-2-3-5-13(12)8-20-9-14(18)17-11-15(19)6-7-16-10-15/h2-5,16,19H,6-11H2,1H3,(H,17,18)/t15-/m0/s1. The van der Waals surface area contributed by atoms with Crippen LogP contribution in [0.4, 0.5) is 0 Å². The smallest absolute Gasteiger partial charge is 0.230 e. The molecule has 1 atom stereocenters. The molecule has 20 heavy (non-hydrogen) atoms. The number of nitrogens with one attached hydrogen (secondary N) is 2. The Morgan fingerprint density at radius 3 is 3.00 bits per heavy atom. The van der Waals surface area contributed by atoms with Gasteiger partial charge in [-0.1, -0.05) is 24.3 Å². The molecular formula is C15H22N2O2S. The maximum Gasteiger partial charge on any atom is 0.230 e. The van der Waals surface area contributed by atoms with E-state index in [4.69, 9.17) is 0 Å². The molecule has 0 saturated carbocycles. The van der Waals surface area contributed by atoms with E-state index in [1.54, 1.807) is 11.8 Å². The summed E-state index contributed by atoms with van der Waals surface area (Å²) in [6.07, 6.45) is 0.698. The number of aliphatic hydroxyl groups is 1. The molecule has 1 heterocycles. The van der Waals surface area contributed by atoms with Crippen LogP contribution in [0.5, 0.6) is 0 Å². The average molecular weight is 294 g/mol. The first-order valence-electron chi connectivity index (χ1n) is 6.91. The first-order valence-corrected chi connectivity index (χ1v) is 8.07. The molecule has 1 aromatic carbocycles. The van der Waals surface area contributed by atoms with Crippen molar-refractivity contribution in [2.24, 2.45) is 0 Å². The number of hydrogen-bond donors (Lipinski definition) is 3. The van der Waals surface area contributed by atoms with E-state index < -0.39 is 5.60 Å². The largest absolute Gasteiger partial charge is 0.387 e. The number of amides is 1. The summed E-state index contributed by atoms with van der Waals surface area (Å²) < 4.78 is 0. The normalized spacial score (nSPS) is 21.9. The summed E-state index contributed by atoms with van der Waals surface area (Å²) >= 11 is 1.60. The Morgan fingerprint density at radius 2 is 2.30 bits per heavy atom. The molecular weight excluding hydrogens is 272 g/mol. The van der Waals surface area contributed by atoms with Crippen LogP contribution in [0.15, 0.2) is 24.3 Å². The molecule has 1 amide bonds. The SMILES string of the molecule is Cc1ccccc1CSCC(=O)NC[C@]1(O)CCNC1. The number of β-amino-alcohol motifs (C(OH)–C–C–N with tert-alkyl or cyclic N) is 1. The predicted molar refractivity (Wildman–Crippen MR) is 82.8 cm³/mol. The molecule has 4 nitrogen and oxygen atoms in total. The predicted octanol–water partition coefficient (Wildman–Crippen LogP) is 1.07. The van der Waals surface area contributed by atoms with E-state index in [9.17, 15) is 9.90 Å². The van der Waals surface area contributed by atoms with Crippen molar-refractivity contribution in [3.8, 4) is 0 Å². The highest BCUT2D eigenvalue weighted by molar-refractivity contribution is 7.99. The monoisotopic (exact) mass is 294 g/mol. The van der Waals surface area contributed by atoms with Crippen LogP contribution in [-0.4, -0.2) is 42.0 Å². The zero-order valence-corrected chi connectivity index (χ0v) is 12.6. The fourth-order valence-corrected chi connectivity index (χ4v) is 3.15. The summed E-state index contributed by atoms with van der Waals surface area (Å²) in [5.74, 6) is 1.26. The van der Waals surface area contributed by atoms with Gasteiger partial charge in [0.05, 0.1) is 11.4 Å². The second-order valence-corrected chi connectivity index (χ2v) is 6.33. The number of rotatable bonds is 6. The van der Waals surface area contributed by atoms with Crippen LogP contribution in [0, 0.1) is 6.92 Å². The molecule has 3 N–H and O–H groups in total. The van der Waals surface area contributed by atoms with Gasteiger partial charge in [-0.25, -0.2) is 0 Å². The van der Waals surface area contributed by atoms with Crippen LogP contribution in [-0.2, 0) is 10.5 Å². The molecule has 2 rings (SSSR count). The number of carbonyl (C=O) groups excluding carboxylic acids is 1. The molecule has 110 valence electrons. The van der Waals surface area contributed by atoms with Crippen LogP contribution in [0.25, 0.3) is 0 Å². The van der Waals surface area contributed by atoms with Crippen LogP contribution >= 0.6 is 11.8 Å². The lowest BCUT2D eigenvalue weighted by Gasteiger charge is -2.21. The van der Waals surface area contributed by atoms with Crippen LogP contribution in [0.2, 0.25) is 0 Å². The van der Waals surface area contributed by atoms with Crippen molar-refractivity contribution in [1.29, 1.82) is 0 Å². The molecule has 5 heteroatoms. The van der Waals surface area contributed by atoms with Gasteiger partial charge < -0.3 is 15.7 Å². The van der Waals surface area contributed by atoms with Gasteiger partial charge in [-0.3, -0.25) is 4.79 Å². The minimum absolute atomic E-state index is 0.0103. The Bertz CT molecular complexity index is 459. The summed E-state index contributed by atoms with van der Waals surface area (Å²) in [5, 5.41) is 16.0. The Morgan fingerprint density at radius 1 is 1.50 bits per heavy atom. The minimum Gasteiger partial charge on any atom is -0.387 e. The van der Waals surface area contributed by atoms with Gasteiger partial charge in [0.2, 0.25) is 5.91 Å². The van der Waals surface area contributed by atoms with E-state index in [-0.39, 0.29) is 5.91 Å². The zero-order chi connectivity index (χ0) is 14.4. The van der Waals surface area contributed by atoms with Crippen LogP contribution in [0.1, 0.15) is 17.5 Å². The first-order chi connectivity index (χ1) is 9.59. The molecule has 0 radical (unpaired) electrons. The fraction of sp³-hybridized carbons (Fsp3) is 0.533. The first kappa shape index (κ1) is 15.4. The Labute approximate surface area is 124 Å². The second kappa shape index (κ2) is 7.11. The number of aryl methyl sites for hydroxylation is 1. The maximum absolute atomic E-state index is 11.8. The summed E-state index contributed by atoms with van der Waals surface area (Å²) in [6, 6.07) is 8.21. The van der Waals surface area contributed by atoms with E-state index in [1.165, 1.54) is 11.1 Å². The maximum atomic E-state index is 11.8. The minimum atomic E-state index is -0.768. The van der Waals surface area contributed by atoms with Crippen molar-refractivity contribution in [3.63, 3.8) is 0 Å². The molecule has 1 aromatic rings. The topological polar surface area (TPSA) is 61.4 Å². The highest BCUT2D eigenvalue weighted by Gasteiger charge is 2.31. The molecule has 0 aromatic heterocycles.